The van der Waals surface area contributed by atoms with E-state index < -0.39 is 6.04 Å². The van der Waals surface area contributed by atoms with E-state index in [1.165, 1.54) is 5.56 Å². The van der Waals surface area contributed by atoms with Crippen LogP contribution < -0.4 is 11.1 Å². The highest BCUT2D eigenvalue weighted by Crippen LogP contribution is 2.08. The van der Waals surface area contributed by atoms with Crippen molar-refractivity contribution in [1.82, 2.24) is 5.32 Å². The first-order valence-corrected chi connectivity index (χ1v) is 6.08. The number of hydrogen-bond acceptors (Lipinski definition) is 3. The van der Waals surface area contributed by atoms with E-state index in [0.29, 0.717) is 0 Å². The van der Waals surface area contributed by atoms with Crippen molar-refractivity contribution in [2.75, 3.05) is 0 Å². The molecule has 0 aliphatic rings. The van der Waals surface area contributed by atoms with Crippen LogP contribution in [0.5, 0.6) is 0 Å². The van der Waals surface area contributed by atoms with Crippen LogP contribution >= 0.6 is 11.3 Å². The highest BCUT2D eigenvalue weighted by atomic mass is 32.1. The maximum absolute atomic E-state index is 11.5. The van der Waals surface area contributed by atoms with E-state index >= 15 is 0 Å². The zero-order valence-electron chi connectivity index (χ0n) is 9.27. The number of amides is 1. The van der Waals surface area contributed by atoms with Gasteiger partial charge in [0.15, 0.2) is 0 Å². The van der Waals surface area contributed by atoms with Crippen LogP contribution in [-0.2, 0) is 11.2 Å². The lowest BCUT2D eigenvalue weighted by atomic mass is 10.1. The van der Waals surface area contributed by atoms with Crippen LogP contribution in [0.4, 0.5) is 0 Å². The van der Waals surface area contributed by atoms with E-state index in [4.69, 9.17) is 12.2 Å². The second-order valence-corrected chi connectivity index (χ2v) is 4.54. The van der Waals surface area contributed by atoms with Gasteiger partial charge in [-0.2, -0.15) is 11.3 Å². The van der Waals surface area contributed by atoms with Crippen molar-refractivity contribution in [1.29, 1.82) is 0 Å². The van der Waals surface area contributed by atoms with Gasteiger partial charge in [-0.05, 0) is 35.7 Å². The molecule has 0 saturated carbocycles. The van der Waals surface area contributed by atoms with Gasteiger partial charge in [0.2, 0.25) is 5.91 Å². The molecule has 1 aromatic rings. The van der Waals surface area contributed by atoms with Crippen LogP contribution in [0, 0.1) is 12.3 Å². The second-order valence-electron chi connectivity index (χ2n) is 3.76. The van der Waals surface area contributed by atoms with Gasteiger partial charge in [-0.25, -0.2) is 0 Å². The van der Waals surface area contributed by atoms with Crippen molar-refractivity contribution < 1.29 is 4.79 Å². The molecule has 0 saturated heterocycles. The number of hydrogen-bond donors (Lipinski definition) is 2. The third-order valence-corrected chi connectivity index (χ3v) is 2.92. The van der Waals surface area contributed by atoms with Gasteiger partial charge in [0.05, 0.1) is 6.04 Å². The van der Waals surface area contributed by atoms with E-state index in [9.17, 15) is 4.79 Å². The van der Waals surface area contributed by atoms with Crippen molar-refractivity contribution >= 4 is 17.2 Å². The zero-order valence-corrected chi connectivity index (χ0v) is 10.1. The summed E-state index contributed by atoms with van der Waals surface area (Å²) in [5.74, 6) is 2.20. The molecule has 16 heavy (non-hydrogen) atoms. The Morgan fingerprint density at radius 3 is 3.06 bits per heavy atom. The lowest BCUT2D eigenvalue weighted by Crippen LogP contribution is -2.44. The molecule has 0 aromatic carbocycles. The normalized spacial score (nSPS) is 13.8. The number of carbonyl (C=O) groups is 1. The number of terminal acetylenes is 1. The van der Waals surface area contributed by atoms with Crippen LogP contribution in [0.15, 0.2) is 16.8 Å². The average Bonchev–Trinajstić information content (AvgIpc) is 2.70. The molecule has 0 aliphatic heterocycles. The Kier molecular flexibility index (Phi) is 5.03. The first-order valence-electron chi connectivity index (χ1n) is 5.14. The van der Waals surface area contributed by atoms with Crippen molar-refractivity contribution in [3.63, 3.8) is 0 Å². The molecule has 2 atom stereocenters. The quantitative estimate of drug-likeness (QED) is 0.753. The topological polar surface area (TPSA) is 55.1 Å². The highest BCUT2D eigenvalue weighted by Gasteiger charge is 2.14. The van der Waals surface area contributed by atoms with Gasteiger partial charge < -0.3 is 11.1 Å². The van der Waals surface area contributed by atoms with E-state index in [-0.39, 0.29) is 18.4 Å². The molecular weight excluding hydrogens is 220 g/mol. The lowest BCUT2D eigenvalue weighted by Gasteiger charge is -2.15. The third kappa shape index (κ3) is 4.05. The Morgan fingerprint density at radius 2 is 2.50 bits per heavy atom. The molecule has 0 spiro atoms. The Bertz CT molecular complexity index is 367. The minimum atomic E-state index is -0.602. The summed E-state index contributed by atoms with van der Waals surface area (Å²) in [6, 6.07) is 1.52. The molecule has 0 bridgehead atoms. The molecule has 1 rings (SSSR count). The van der Waals surface area contributed by atoms with Crippen LogP contribution in [0.1, 0.15) is 18.9 Å². The second kappa shape index (κ2) is 6.31. The number of rotatable bonds is 5. The fourth-order valence-electron chi connectivity index (χ4n) is 1.38. The van der Waals surface area contributed by atoms with Crippen molar-refractivity contribution in [2.24, 2.45) is 5.73 Å². The Labute approximate surface area is 100 Å². The van der Waals surface area contributed by atoms with Gasteiger partial charge in [-0.1, -0.05) is 0 Å². The fraction of sp³-hybridized carbons (Fsp3) is 0.417. The Hall–Kier alpha value is -1.31. The summed E-state index contributed by atoms with van der Waals surface area (Å²) in [4.78, 5) is 11.5. The molecule has 1 amide bonds. The number of carbonyl (C=O) groups excluding carboxylic acids is 1. The first-order chi connectivity index (χ1) is 7.63. The van der Waals surface area contributed by atoms with Gasteiger partial charge >= 0.3 is 0 Å². The summed E-state index contributed by atoms with van der Waals surface area (Å²) in [6.45, 7) is 1.96. The van der Waals surface area contributed by atoms with Gasteiger partial charge in [0, 0.05) is 12.5 Å². The van der Waals surface area contributed by atoms with Gasteiger partial charge in [0.25, 0.3) is 0 Å². The summed E-state index contributed by atoms with van der Waals surface area (Å²) in [7, 11) is 0. The molecule has 86 valence electrons. The van der Waals surface area contributed by atoms with Gasteiger partial charge in [0.1, 0.15) is 0 Å². The van der Waals surface area contributed by atoms with Crippen LogP contribution in [0.3, 0.4) is 0 Å². The molecule has 3 N–H and O–H groups in total. The predicted octanol–water partition coefficient (Wildman–Crippen LogP) is 1.15. The van der Waals surface area contributed by atoms with Crippen LogP contribution in [0.25, 0.3) is 0 Å². The monoisotopic (exact) mass is 236 g/mol. The molecule has 1 aromatic heterocycles. The zero-order chi connectivity index (χ0) is 12.0. The smallest absolute Gasteiger partial charge is 0.238 e. The van der Waals surface area contributed by atoms with Crippen LogP contribution in [0.2, 0.25) is 0 Å². The van der Waals surface area contributed by atoms with Crippen molar-refractivity contribution in [3.8, 4) is 12.3 Å². The molecular formula is C12H16N2OS. The van der Waals surface area contributed by atoms with Gasteiger partial charge in [-0.15, -0.1) is 12.3 Å². The number of thiophene rings is 1. The first kappa shape index (κ1) is 12.8. The summed E-state index contributed by atoms with van der Waals surface area (Å²) < 4.78 is 0. The summed E-state index contributed by atoms with van der Waals surface area (Å²) in [5, 5.41) is 6.94. The molecule has 0 aliphatic carbocycles. The van der Waals surface area contributed by atoms with E-state index in [2.05, 4.69) is 22.7 Å². The number of nitrogens with two attached hydrogens (primary N) is 1. The summed E-state index contributed by atoms with van der Waals surface area (Å²) in [6.07, 6.45) is 6.19. The summed E-state index contributed by atoms with van der Waals surface area (Å²) in [5.41, 5.74) is 6.82. The predicted molar refractivity (Wildman–Crippen MR) is 67.1 cm³/mol. The molecule has 4 heteroatoms. The van der Waals surface area contributed by atoms with Crippen LogP contribution in [-0.4, -0.2) is 18.0 Å². The molecule has 2 unspecified atom stereocenters. The maximum atomic E-state index is 11.5. The van der Waals surface area contributed by atoms with E-state index in [0.717, 1.165) is 6.42 Å². The molecule has 0 radical (unpaired) electrons. The molecule has 3 nitrogen and oxygen atoms in total. The maximum Gasteiger partial charge on any atom is 0.238 e. The summed E-state index contributed by atoms with van der Waals surface area (Å²) >= 11 is 1.65. The minimum absolute atomic E-state index is 0.0749. The van der Waals surface area contributed by atoms with E-state index in [1.54, 1.807) is 11.3 Å². The minimum Gasteiger partial charge on any atom is -0.352 e. The fourth-order valence-corrected chi connectivity index (χ4v) is 2.06. The third-order valence-electron chi connectivity index (χ3n) is 2.19. The molecule has 1 heterocycles. The Balaban J connectivity index is 2.37. The molecule has 0 fully saturated rings. The lowest BCUT2D eigenvalue weighted by molar-refractivity contribution is -0.122. The standard InChI is InChI=1S/C12H16N2OS/c1-3-4-11(13)12(15)14-9(2)7-10-5-6-16-8-10/h1,5-6,8-9,11H,4,7,13H2,2H3,(H,14,15). The van der Waals surface area contributed by atoms with Crippen molar-refractivity contribution in [3.05, 3.63) is 22.4 Å². The Morgan fingerprint density at radius 1 is 1.75 bits per heavy atom. The highest BCUT2D eigenvalue weighted by molar-refractivity contribution is 7.07. The van der Waals surface area contributed by atoms with Gasteiger partial charge in [-0.3, -0.25) is 4.79 Å². The SMILES string of the molecule is C#CCC(N)C(=O)NC(C)Cc1ccsc1. The number of nitrogens with one attached hydrogen (secondary N) is 1. The largest absolute Gasteiger partial charge is 0.352 e. The average molecular weight is 236 g/mol. The van der Waals surface area contributed by atoms with E-state index in [1.807, 2.05) is 12.3 Å². The van der Waals surface area contributed by atoms with Crippen molar-refractivity contribution in [2.45, 2.75) is 31.8 Å².